The Morgan fingerprint density at radius 2 is 1.17 bits per heavy atom. The number of fused-ring (bicyclic) bond motifs is 1. The van der Waals surface area contributed by atoms with E-state index in [-0.39, 0.29) is 51.4 Å². The molecule has 11 atom stereocenters. The van der Waals surface area contributed by atoms with Gasteiger partial charge < -0.3 is 84.2 Å². The van der Waals surface area contributed by atoms with Crippen molar-refractivity contribution in [3.63, 3.8) is 0 Å². The number of phenols is 2. The van der Waals surface area contributed by atoms with Crippen LogP contribution in [0.15, 0.2) is 30.0 Å². The molecular weight excluding hydrogens is 620 g/mol. The van der Waals surface area contributed by atoms with E-state index in [2.05, 4.69) is 0 Å². The predicted octanol–water partition coefficient (Wildman–Crippen LogP) is -2.42. The molecule has 46 heavy (non-hydrogen) atoms. The van der Waals surface area contributed by atoms with Gasteiger partial charge in [0.25, 0.3) is 0 Å². The Morgan fingerprint density at radius 3 is 1.67 bits per heavy atom. The van der Waals surface area contributed by atoms with E-state index in [4.69, 9.17) is 33.2 Å². The van der Waals surface area contributed by atoms with Crippen LogP contribution >= 0.6 is 0 Å². The summed E-state index contributed by atoms with van der Waals surface area (Å²) in [4.78, 5) is 0. The summed E-state index contributed by atoms with van der Waals surface area (Å²) in [6.45, 7) is -1.44. The highest BCUT2D eigenvalue weighted by molar-refractivity contribution is 5.70. The Bertz CT molecular complexity index is 1390. The maximum absolute atomic E-state index is 10.7. The molecule has 17 nitrogen and oxygen atoms in total. The number of phenolic OH excluding ortho intramolecular Hbond substituents is 2. The Balaban J connectivity index is 1.59. The van der Waals surface area contributed by atoms with E-state index in [0.717, 1.165) is 6.07 Å². The fourth-order valence-corrected chi connectivity index (χ4v) is 5.31. The molecule has 3 aliphatic heterocycles. The number of aromatic hydroxyl groups is 2. The SMILES string of the molecule is COc1cc(C2Oc3cc(O)cc(O[C@@H]4O[C@H](CO)[C@@H](O)[C@H](O)[C@H]4O)c3C=C2O[C@@H]2O[C@H](CO)[C@@H](O)[C@H](O)[C@H]2O)cc(OC)c1O. The van der Waals surface area contributed by atoms with Crippen molar-refractivity contribution >= 4 is 6.08 Å². The minimum absolute atomic E-state index is 0.0153. The third-order valence-corrected chi connectivity index (χ3v) is 7.88. The van der Waals surface area contributed by atoms with Gasteiger partial charge in [0, 0.05) is 17.7 Å². The van der Waals surface area contributed by atoms with Gasteiger partial charge in [0.15, 0.2) is 17.6 Å². The lowest BCUT2D eigenvalue weighted by molar-refractivity contribution is -0.293. The maximum Gasteiger partial charge on any atom is 0.229 e. The Labute approximate surface area is 261 Å². The van der Waals surface area contributed by atoms with Crippen LogP contribution in [0.4, 0.5) is 0 Å². The first-order valence-corrected chi connectivity index (χ1v) is 14.1. The molecule has 3 heterocycles. The number of methoxy groups -OCH3 is 2. The van der Waals surface area contributed by atoms with Gasteiger partial charge in [-0.3, -0.25) is 0 Å². The van der Waals surface area contributed by atoms with Crippen LogP contribution in [0.3, 0.4) is 0 Å². The molecule has 17 heteroatoms. The van der Waals surface area contributed by atoms with Crippen molar-refractivity contribution in [3.05, 3.63) is 41.2 Å². The zero-order valence-corrected chi connectivity index (χ0v) is 24.5. The third-order valence-electron chi connectivity index (χ3n) is 7.88. The molecule has 2 saturated heterocycles. The number of hydrogen-bond acceptors (Lipinski definition) is 17. The van der Waals surface area contributed by atoms with Crippen LogP contribution in [-0.2, 0) is 14.2 Å². The molecule has 0 radical (unpaired) electrons. The number of hydrogen-bond donors (Lipinski definition) is 10. The summed E-state index contributed by atoms with van der Waals surface area (Å²) in [5.74, 6) is -1.05. The highest BCUT2D eigenvalue weighted by atomic mass is 16.7. The van der Waals surface area contributed by atoms with E-state index < -0.39 is 80.7 Å². The summed E-state index contributed by atoms with van der Waals surface area (Å²) in [7, 11) is 2.61. The molecule has 10 N–H and O–H groups in total. The van der Waals surface area contributed by atoms with E-state index in [1.54, 1.807) is 0 Å². The van der Waals surface area contributed by atoms with Crippen LogP contribution < -0.4 is 18.9 Å². The Hall–Kier alpha value is -3.62. The second-order valence-electron chi connectivity index (χ2n) is 10.8. The van der Waals surface area contributed by atoms with Crippen molar-refractivity contribution < 1.29 is 84.2 Å². The summed E-state index contributed by atoms with van der Waals surface area (Å²) in [5.41, 5.74) is 0.330. The monoisotopic (exact) mass is 656 g/mol. The van der Waals surface area contributed by atoms with Crippen LogP contribution in [0.5, 0.6) is 34.5 Å². The fourth-order valence-electron chi connectivity index (χ4n) is 5.31. The van der Waals surface area contributed by atoms with Gasteiger partial charge in [-0.05, 0) is 18.2 Å². The number of ether oxygens (including phenoxy) is 7. The summed E-state index contributed by atoms with van der Waals surface area (Å²) < 4.78 is 39.5. The van der Waals surface area contributed by atoms with E-state index >= 15 is 0 Å². The van der Waals surface area contributed by atoms with Crippen LogP contribution in [0.1, 0.15) is 17.2 Å². The normalized spacial score (nSPS) is 34.1. The molecule has 2 aromatic rings. The van der Waals surface area contributed by atoms with E-state index in [1.807, 2.05) is 0 Å². The minimum atomic E-state index is -1.81. The van der Waals surface area contributed by atoms with Gasteiger partial charge in [0.1, 0.15) is 71.8 Å². The minimum Gasteiger partial charge on any atom is -0.508 e. The van der Waals surface area contributed by atoms with Gasteiger partial charge in [0.05, 0.1) is 33.0 Å². The summed E-state index contributed by atoms with van der Waals surface area (Å²) in [5, 5.41) is 102. The lowest BCUT2D eigenvalue weighted by Gasteiger charge is -2.41. The summed E-state index contributed by atoms with van der Waals surface area (Å²) in [6.07, 6.45) is -16.3. The molecule has 0 amide bonds. The van der Waals surface area contributed by atoms with Gasteiger partial charge in [-0.25, -0.2) is 0 Å². The molecule has 0 spiro atoms. The molecule has 0 aromatic heterocycles. The second-order valence-corrected chi connectivity index (χ2v) is 10.8. The number of rotatable bonds is 9. The first-order valence-electron chi connectivity index (χ1n) is 14.1. The molecule has 2 aromatic carbocycles. The van der Waals surface area contributed by atoms with Crippen molar-refractivity contribution in [1.82, 2.24) is 0 Å². The average Bonchev–Trinajstić information content (AvgIpc) is 3.05. The zero-order chi connectivity index (χ0) is 33.4. The molecule has 3 aliphatic rings. The van der Waals surface area contributed by atoms with Crippen LogP contribution in [0.25, 0.3) is 6.08 Å². The van der Waals surface area contributed by atoms with Gasteiger partial charge in [-0.15, -0.1) is 0 Å². The quantitative estimate of drug-likeness (QED) is 0.135. The van der Waals surface area contributed by atoms with Crippen molar-refractivity contribution in [1.29, 1.82) is 0 Å². The number of benzene rings is 2. The maximum atomic E-state index is 10.7. The second kappa shape index (κ2) is 13.6. The largest absolute Gasteiger partial charge is 0.508 e. The van der Waals surface area contributed by atoms with Crippen LogP contribution in [0.2, 0.25) is 0 Å². The van der Waals surface area contributed by atoms with E-state index in [9.17, 15) is 51.1 Å². The molecule has 5 rings (SSSR count). The van der Waals surface area contributed by atoms with Gasteiger partial charge in [-0.1, -0.05) is 0 Å². The van der Waals surface area contributed by atoms with Gasteiger partial charge >= 0.3 is 0 Å². The first-order chi connectivity index (χ1) is 21.9. The number of aliphatic hydroxyl groups is 8. The molecule has 2 fully saturated rings. The van der Waals surface area contributed by atoms with E-state index in [1.165, 1.54) is 38.5 Å². The fraction of sp³-hybridized carbons (Fsp3) is 0.517. The third kappa shape index (κ3) is 6.21. The van der Waals surface area contributed by atoms with Gasteiger partial charge in [0.2, 0.25) is 18.3 Å². The highest BCUT2D eigenvalue weighted by Crippen LogP contribution is 2.48. The topological polar surface area (TPSA) is 267 Å². The highest BCUT2D eigenvalue weighted by Gasteiger charge is 2.47. The molecule has 254 valence electrons. The van der Waals surface area contributed by atoms with Crippen molar-refractivity contribution in [2.75, 3.05) is 27.4 Å². The lowest BCUT2D eigenvalue weighted by atomic mass is 9.98. The average molecular weight is 657 g/mol. The summed E-state index contributed by atoms with van der Waals surface area (Å²) in [6, 6.07) is 5.13. The molecule has 0 saturated carbocycles. The molecule has 0 bridgehead atoms. The molecule has 0 aliphatic carbocycles. The summed E-state index contributed by atoms with van der Waals surface area (Å²) >= 11 is 0. The first kappa shape index (κ1) is 33.7. The van der Waals surface area contributed by atoms with Gasteiger partial charge in [-0.2, -0.15) is 0 Å². The Kier molecular flexibility index (Phi) is 9.99. The van der Waals surface area contributed by atoms with Crippen molar-refractivity contribution in [2.24, 2.45) is 0 Å². The lowest BCUT2D eigenvalue weighted by Crippen LogP contribution is -2.60. The number of aliphatic hydroxyl groups excluding tert-OH is 8. The zero-order valence-electron chi connectivity index (χ0n) is 24.5. The Morgan fingerprint density at radius 1 is 0.652 bits per heavy atom. The molecular formula is C29H36O17. The standard InChI is InChI=1S/C29H36O17/c1-40-15-3-10(4-16(41-2)20(15)33)27-17(44-29-26(39)24(37)22(35)19(9-31)46-29)7-12-13(42-27)5-11(32)6-14(12)43-28-25(38)23(36)21(34)18(8-30)45-28/h3-7,18-19,21-39H,8-9H2,1-2H3/t18-,19-,21-,22-,23+,24+,25-,26-,27?,28-,29-/m1/s1. The van der Waals surface area contributed by atoms with Crippen LogP contribution in [-0.4, -0.2) is 140 Å². The van der Waals surface area contributed by atoms with Crippen molar-refractivity contribution in [3.8, 4) is 34.5 Å². The molecule has 1 unspecified atom stereocenters. The van der Waals surface area contributed by atoms with Crippen LogP contribution in [0, 0.1) is 0 Å². The smallest absolute Gasteiger partial charge is 0.229 e. The van der Waals surface area contributed by atoms with Crippen molar-refractivity contribution in [2.45, 2.75) is 67.5 Å². The van der Waals surface area contributed by atoms with E-state index in [0.29, 0.717) is 0 Å². The predicted molar refractivity (Wildman–Crippen MR) is 150 cm³/mol.